The zero-order valence-corrected chi connectivity index (χ0v) is 21.0. The molecule has 0 aliphatic heterocycles. The average molecular weight is 519 g/mol. The van der Waals surface area contributed by atoms with E-state index in [1.165, 1.54) is 23.1 Å². The van der Waals surface area contributed by atoms with Crippen LogP contribution >= 0.6 is 46.0 Å². The fourth-order valence-corrected chi connectivity index (χ4v) is 6.07. The van der Waals surface area contributed by atoms with Crippen LogP contribution in [-0.4, -0.2) is 33.7 Å². The van der Waals surface area contributed by atoms with Crippen LogP contribution in [0.25, 0.3) is 10.2 Å². The molecule has 0 saturated heterocycles. The predicted octanol–water partition coefficient (Wildman–Crippen LogP) is 5.68. The Labute approximate surface area is 207 Å². The van der Waals surface area contributed by atoms with Crippen molar-refractivity contribution in [1.82, 2.24) is 9.55 Å². The van der Waals surface area contributed by atoms with E-state index in [0.29, 0.717) is 42.9 Å². The minimum atomic E-state index is -0.464. The molecule has 3 aromatic heterocycles. The molecular formula is C23H19ClN2O4S3. The predicted molar refractivity (Wildman–Crippen MR) is 135 cm³/mol. The average Bonchev–Trinajstić information content (AvgIpc) is 3.42. The lowest BCUT2D eigenvalue weighted by Gasteiger charge is -2.11. The highest BCUT2D eigenvalue weighted by Gasteiger charge is 2.23. The van der Waals surface area contributed by atoms with E-state index < -0.39 is 5.97 Å². The van der Waals surface area contributed by atoms with Gasteiger partial charge in [0.1, 0.15) is 9.71 Å². The third-order valence-corrected chi connectivity index (χ3v) is 8.12. The van der Waals surface area contributed by atoms with Gasteiger partial charge in [-0.15, -0.1) is 22.7 Å². The number of aromatic nitrogens is 2. The number of rotatable bonds is 8. The standard InChI is InChI=1S/C23H19ClN2O4S3/c1-3-30-22(29)19-13(2)18-20(33-19)25-23(26(21(18)28)11-16-5-4-10-31-16)32-12-17(27)14-6-8-15(24)9-7-14/h4-10H,3,11-12H2,1-2H3. The highest BCUT2D eigenvalue weighted by atomic mass is 35.5. The second-order valence-electron chi connectivity index (χ2n) is 7.04. The maximum Gasteiger partial charge on any atom is 0.348 e. The summed E-state index contributed by atoms with van der Waals surface area (Å²) in [5, 5.41) is 3.34. The number of hydrogen-bond donors (Lipinski definition) is 0. The van der Waals surface area contributed by atoms with E-state index in [4.69, 9.17) is 16.3 Å². The quantitative estimate of drug-likeness (QED) is 0.129. The molecule has 0 amide bonds. The van der Waals surface area contributed by atoms with E-state index in [-0.39, 0.29) is 23.7 Å². The molecule has 0 aliphatic carbocycles. The van der Waals surface area contributed by atoms with Crippen LogP contribution in [-0.2, 0) is 11.3 Å². The van der Waals surface area contributed by atoms with Gasteiger partial charge in [0.15, 0.2) is 10.9 Å². The molecule has 0 unspecified atom stereocenters. The first-order valence-corrected chi connectivity index (χ1v) is 13.1. The second-order valence-corrected chi connectivity index (χ2v) is 10.5. The lowest BCUT2D eigenvalue weighted by molar-refractivity contribution is 0.0531. The largest absolute Gasteiger partial charge is 0.462 e. The molecule has 0 bridgehead atoms. The van der Waals surface area contributed by atoms with Crippen LogP contribution in [0.3, 0.4) is 0 Å². The number of esters is 1. The number of carbonyl (C=O) groups excluding carboxylic acids is 2. The maximum absolute atomic E-state index is 13.5. The highest BCUT2D eigenvalue weighted by Crippen LogP contribution is 2.30. The van der Waals surface area contributed by atoms with Gasteiger partial charge >= 0.3 is 5.97 Å². The molecule has 0 fully saturated rings. The van der Waals surface area contributed by atoms with E-state index in [9.17, 15) is 14.4 Å². The number of thiophene rings is 2. The van der Waals surface area contributed by atoms with Crippen molar-refractivity contribution >= 4 is 68.0 Å². The van der Waals surface area contributed by atoms with Crippen molar-refractivity contribution in [1.29, 1.82) is 0 Å². The summed E-state index contributed by atoms with van der Waals surface area (Å²) >= 11 is 9.79. The summed E-state index contributed by atoms with van der Waals surface area (Å²) in [4.78, 5) is 45.1. The van der Waals surface area contributed by atoms with Crippen LogP contribution < -0.4 is 5.56 Å². The minimum absolute atomic E-state index is 0.0942. The molecule has 0 saturated carbocycles. The number of nitrogens with zero attached hydrogens (tertiary/aromatic N) is 2. The van der Waals surface area contributed by atoms with Gasteiger partial charge in [-0.1, -0.05) is 29.4 Å². The van der Waals surface area contributed by atoms with Crippen LogP contribution in [0.5, 0.6) is 0 Å². The summed E-state index contributed by atoms with van der Waals surface area (Å²) in [5.74, 6) is -0.448. The van der Waals surface area contributed by atoms with E-state index in [1.54, 1.807) is 42.7 Å². The van der Waals surface area contributed by atoms with Crippen molar-refractivity contribution in [2.24, 2.45) is 0 Å². The van der Waals surface area contributed by atoms with Crippen LogP contribution in [0.1, 0.15) is 37.4 Å². The Hall–Kier alpha value is -2.46. The number of aryl methyl sites for hydroxylation is 1. The van der Waals surface area contributed by atoms with Gasteiger partial charge in [0.2, 0.25) is 0 Å². The van der Waals surface area contributed by atoms with Gasteiger partial charge in [0, 0.05) is 15.5 Å². The number of hydrogen-bond acceptors (Lipinski definition) is 8. The molecule has 4 aromatic rings. The Morgan fingerprint density at radius 1 is 1.21 bits per heavy atom. The molecule has 0 aliphatic rings. The number of benzene rings is 1. The summed E-state index contributed by atoms with van der Waals surface area (Å²) in [5.41, 5.74) is 0.871. The molecule has 0 atom stereocenters. The Morgan fingerprint density at radius 2 is 1.97 bits per heavy atom. The molecule has 0 spiro atoms. The molecule has 0 radical (unpaired) electrons. The number of halogens is 1. The van der Waals surface area contributed by atoms with Gasteiger partial charge < -0.3 is 4.74 Å². The van der Waals surface area contributed by atoms with Gasteiger partial charge in [-0.25, -0.2) is 9.78 Å². The molecule has 10 heteroatoms. The third kappa shape index (κ3) is 5.06. The zero-order chi connectivity index (χ0) is 23.5. The number of ketones is 1. The third-order valence-electron chi connectivity index (χ3n) is 4.87. The molecule has 3 heterocycles. The number of Topliss-reactive ketones (excluding diaryl/α,β-unsaturated/α-hetero) is 1. The molecule has 6 nitrogen and oxygen atoms in total. The molecule has 0 N–H and O–H groups in total. The number of fused-ring (bicyclic) bond motifs is 1. The fourth-order valence-electron chi connectivity index (χ4n) is 3.25. The van der Waals surface area contributed by atoms with Gasteiger partial charge in [-0.05, 0) is 55.1 Å². The fraction of sp³-hybridized carbons (Fsp3) is 0.217. The van der Waals surface area contributed by atoms with E-state index in [1.807, 2.05) is 17.5 Å². The first-order chi connectivity index (χ1) is 15.9. The first kappa shape index (κ1) is 23.7. The lowest BCUT2D eigenvalue weighted by atomic mass is 10.1. The zero-order valence-electron chi connectivity index (χ0n) is 17.8. The summed E-state index contributed by atoms with van der Waals surface area (Å²) in [6.07, 6.45) is 0. The summed E-state index contributed by atoms with van der Waals surface area (Å²) in [7, 11) is 0. The first-order valence-electron chi connectivity index (χ1n) is 10.0. The minimum Gasteiger partial charge on any atom is -0.462 e. The second kappa shape index (κ2) is 10.2. The normalized spacial score (nSPS) is 11.1. The molecule has 1 aromatic carbocycles. The lowest BCUT2D eigenvalue weighted by Crippen LogP contribution is -2.24. The Bertz CT molecular complexity index is 1380. The van der Waals surface area contributed by atoms with E-state index >= 15 is 0 Å². The van der Waals surface area contributed by atoms with Gasteiger partial charge in [-0.2, -0.15) is 0 Å². The van der Waals surface area contributed by atoms with Crippen LogP contribution in [0.15, 0.2) is 51.7 Å². The summed E-state index contributed by atoms with van der Waals surface area (Å²) in [6, 6.07) is 10.6. The summed E-state index contributed by atoms with van der Waals surface area (Å²) in [6.45, 7) is 4.05. The van der Waals surface area contributed by atoms with Crippen LogP contribution in [0.4, 0.5) is 0 Å². The number of carbonyl (C=O) groups is 2. The van der Waals surface area contributed by atoms with Crippen molar-refractivity contribution < 1.29 is 14.3 Å². The molecule has 4 rings (SSSR count). The summed E-state index contributed by atoms with van der Waals surface area (Å²) < 4.78 is 6.71. The molecule has 170 valence electrons. The smallest absolute Gasteiger partial charge is 0.348 e. The van der Waals surface area contributed by atoms with Crippen LogP contribution in [0.2, 0.25) is 5.02 Å². The van der Waals surface area contributed by atoms with Gasteiger partial charge in [-0.3, -0.25) is 14.2 Å². The van der Waals surface area contributed by atoms with Crippen LogP contribution in [0, 0.1) is 6.92 Å². The van der Waals surface area contributed by atoms with Gasteiger partial charge in [0.25, 0.3) is 5.56 Å². The van der Waals surface area contributed by atoms with E-state index in [2.05, 4.69) is 4.98 Å². The maximum atomic E-state index is 13.5. The van der Waals surface area contributed by atoms with Crippen molar-refractivity contribution in [3.8, 4) is 0 Å². The Balaban J connectivity index is 1.74. The monoisotopic (exact) mass is 518 g/mol. The van der Waals surface area contributed by atoms with Crippen molar-refractivity contribution in [3.05, 3.63) is 78.0 Å². The van der Waals surface area contributed by atoms with E-state index in [0.717, 1.165) is 16.2 Å². The molecular weight excluding hydrogens is 500 g/mol. The van der Waals surface area contributed by atoms with Crippen molar-refractivity contribution in [3.63, 3.8) is 0 Å². The molecule has 33 heavy (non-hydrogen) atoms. The van der Waals surface area contributed by atoms with Crippen molar-refractivity contribution in [2.45, 2.75) is 25.5 Å². The number of thioether (sulfide) groups is 1. The topological polar surface area (TPSA) is 78.3 Å². The highest BCUT2D eigenvalue weighted by molar-refractivity contribution is 7.99. The Morgan fingerprint density at radius 3 is 2.64 bits per heavy atom. The Kier molecular flexibility index (Phi) is 7.33. The SMILES string of the molecule is CCOC(=O)c1sc2nc(SCC(=O)c3ccc(Cl)cc3)n(Cc3cccs3)c(=O)c2c1C. The van der Waals surface area contributed by atoms with Crippen molar-refractivity contribution in [2.75, 3.05) is 12.4 Å². The van der Waals surface area contributed by atoms with Gasteiger partial charge in [0.05, 0.1) is 24.3 Å². The number of ether oxygens (including phenoxy) is 1.